The van der Waals surface area contributed by atoms with Gasteiger partial charge in [-0.25, -0.2) is 4.79 Å². The standard InChI is InChI=1S/C22H22N2O5/c1-3-26-18-12-10-16(14-19(18)27-4-2)11-13-21(25)28-15-20-23-24-22(29-20)17-8-6-5-7-9-17/h5-14H,3-4,15H2,1-2H3. The molecule has 0 fully saturated rings. The van der Waals surface area contributed by atoms with Crippen LogP contribution in [0.1, 0.15) is 25.3 Å². The number of hydrogen-bond donors (Lipinski definition) is 0. The lowest BCUT2D eigenvalue weighted by Crippen LogP contribution is -2.01. The van der Waals surface area contributed by atoms with Crippen LogP contribution in [0.5, 0.6) is 11.5 Å². The lowest BCUT2D eigenvalue weighted by Gasteiger charge is -2.11. The zero-order valence-electron chi connectivity index (χ0n) is 16.3. The molecule has 0 spiro atoms. The summed E-state index contributed by atoms with van der Waals surface area (Å²) in [5, 5.41) is 7.85. The summed E-state index contributed by atoms with van der Waals surface area (Å²) in [7, 11) is 0. The lowest BCUT2D eigenvalue weighted by molar-refractivity contribution is -0.139. The van der Waals surface area contributed by atoms with E-state index in [0.29, 0.717) is 30.6 Å². The van der Waals surface area contributed by atoms with Gasteiger partial charge in [0, 0.05) is 11.6 Å². The van der Waals surface area contributed by atoms with Gasteiger partial charge in [-0.1, -0.05) is 24.3 Å². The minimum Gasteiger partial charge on any atom is -0.490 e. The van der Waals surface area contributed by atoms with Crippen molar-refractivity contribution in [3.05, 3.63) is 66.1 Å². The summed E-state index contributed by atoms with van der Waals surface area (Å²) in [6.07, 6.45) is 2.98. The fourth-order valence-corrected chi connectivity index (χ4v) is 2.53. The van der Waals surface area contributed by atoms with Crippen molar-refractivity contribution in [1.29, 1.82) is 0 Å². The zero-order valence-corrected chi connectivity index (χ0v) is 16.3. The van der Waals surface area contributed by atoms with Crippen LogP contribution in [-0.2, 0) is 16.1 Å². The summed E-state index contributed by atoms with van der Waals surface area (Å²) in [6, 6.07) is 14.8. The molecule has 7 nitrogen and oxygen atoms in total. The van der Waals surface area contributed by atoms with E-state index in [1.54, 1.807) is 6.08 Å². The topological polar surface area (TPSA) is 83.7 Å². The highest BCUT2D eigenvalue weighted by atomic mass is 16.5. The Kier molecular flexibility index (Phi) is 7.00. The average Bonchev–Trinajstić information content (AvgIpc) is 3.22. The largest absolute Gasteiger partial charge is 0.490 e. The van der Waals surface area contributed by atoms with Crippen molar-refractivity contribution >= 4 is 12.0 Å². The Labute approximate surface area is 168 Å². The minimum atomic E-state index is -0.517. The Morgan fingerprint density at radius 3 is 2.52 bits per heavy atom. The number of rotatable bonds is 9. The second kappa shape index (κ2) is 10.1. The Bertz CT molecular complexity index is 966. The maximum Gasteiger partial charge on any atom is 0.331 e. The summed E-state index contributed by atoms with van der Waals surface area (Å²) >= 11 is 0. The molecule has 29 heavy (non-hydrogen) atoms. The number of hydrogen-bond acceptors (Lipinski definition) is 7. The second-order valence-corrected chi connectivity index (χ2v) is 5.88. The summed E-state index contributed by atoms with van der Waals surface area (Å²) in [4.78, 5) is 12.0. The minimum absolute atomic E-state index is 0.101. The van der Waals surface area contributed by atoms with Crippen molar-refractivity contribution in [1.82, 2.24) is 10.2 Å². The van der Waals surface area contributed by atoms with Gasteiger partial charge >= 0.3 is 5.97 Å². The molecule has 1 aromatic heterocycles. The quantitative estimate of drug-likeness (QED) is 0.395. The van der Waals surface area contributed by atoms with Crippen LogP contribution in [0.2, 0.25) is 0 Å². The van der Waals surface area contributed by atoms with E-state index in [-0.39, 0.29) is 12.5 Å². The normalized spacial score (nSPS) is 10.8. The molecule has 0 N–H and O–H groups in total. The molecule has 2 aromatic carbocycles. The highest BCUT2D eigenvalue weighted by Crippen LogP contribution is 2.29. The van der Waals surface area contributed by atoms with Gasteiger partial charge < -0.3 is 18.6 Å². The predicted octanol–water partition coefficient (Wildman–Crippen LogP) is 4.29. The van der Waals surface area contributed by atoms with Crippen molar-refractivity contribution < 1.29 is 23.4 Å². The fourth-order valence-electron chi connectivity index (χ4n) is 2.53. The number of carbonyl (C=O) groups is 1. The maximum absolute atomic E-state index is 12.0. The van der Waals surface area contributed by atoms with Crippen LogP contribution in [0, 0.1) is 0 Å². The first-order valence-corrected chi connectivity index (χ1v) is 9.32. The highest BCUT2D eigenvalue weighted by molar-refractivity contribution is 5.87. The van der Waals surface area contributed by atoms with E-state index in [4.69, 9.17) is 18.6 Å². The molecule has 0 aliphatic heterocycles. The molecular formula is C22H22N2O5. The van der Waals surface area contributed by atoms with Gasteiger partial charge in [-0.05, 0) is 49.8 Å². The van der Waals surface area contributed by atoms with Crippen LogP contribution in [0.4, 0.5) is 0 Å². The number of benzene rings is 2. The van der Waals surface area contributed by atoms with Crippen molar-refractivity contribution in [3.63, 3.8) is 0 Å². The summed E-state index contributed by atoms with van der Waals surface area (Å²) < 4.78 is 21.8. The van der Waals surface area contributed by atoms with E-state index in [9.17, 15) is 4.79 Å². The van der Waals surface area contributed by atoms with Crippen LogP contribution in [0.25, 0.3) is 17.5 Å². The molecule has 0 saturated carbocycles. The van der Waals surface area contributed by atoms with E-state index in [1.807, 2.05) is 62.4 Å². The van der Waals surface area contributed by atoms with Crippen LogP contribution in [-0.4, -0.2) is 29.4 Å². The number of carbonyl (C=O) groups excluding carboxylic acids is 1. The predicted molar refractivity (Wildman–Crippen MR) is 107 cm³/mol. The van der Waals surface area contributed by atoms with E-state index < -0.39 is 5.97 Å². The van der Waals surface area contributed by atoms with E-state index >= 15 is 0 Å². The maximum atomic E-state index is 12.0. The summed E-state index contributed by atoms with van der Waals surface area (Å²) in [5.41, 5.74) is 1.59. The molecule has 3 rings (SSSR count). The molecule has 3 aromatic rings. The zero-order chi connectivity index (χ0) is 20.5. The molecule has 0 bridgehead atoms. The van der Waals surface area contributed by atoms with E-state index in [1.165, 1.54) is 6.08 Å². The van der Waals surface area contributed by atoms with Crippen molar-refractivity contribution in [2.45, 2.75) is 20.5 Å². The highest BCUT2D eigenvalue weighted by Gasteiger charge is 2.10. The van der Waals surface area contributed by atoms with Crippen LogP contribution >= 0.6 is 0 Å². The van der Waals surface area contributed by atoms with Gasteiger partial charge in [-0.2, -0.15) is 0 Å². The number of ether oxygens (including phenoxy) is 3. The van der Waals surface area contributed by atoms with Crippen LogP contribution in [0.15, 0.2) is 59.0 Å². The van der Waals surface area contributed by atoms with Crippen molar-refractivity contribution in [2.75, 3.05) is 13.2 Å². The van der Waals surface area contributed by atoms with Crippen LogP contribution in [0.3, 0.4) is 0 Å². The third kappa shape index (κ3) is 5.68. The summed E-state index contributed by atoms with van der Waals surface area (Å²) in [5.74, 6) is 1.38. The van der Waals surface area contributed by atoms with Crippen LogP contribution < -0.4 is 9.47 Å². The van der Waals surface area contributed by atoms with Crippen molar-refractivity contribution in [2.24, 2.45) is 0 Å². The van der Waals surface area contributed by atoms with Gasteiger partial charge in [0.1, 0.15) is 0 Å². The molecule has 0 aliphatic carbocycles. The van der Waals surface area contributed by atoms with Gasteiger partial charge in [0.15, 0.2) is 18.1 Å². The Morgan fingerprint density at radius 1 is 1.00 bits per heavy atom. The smallest absolute Gasteiger partial charge is 0.331 e. The van der Waals surface area contributed by atoms with Gasteiger partial charge in [0.25, 0.3) is 5.89 Å². The van der Waals surface area contributed by atoms with Gasteiger partial charge in [0.05, 0.1) is 13.2 Å². The molecule has 0 aliphatic rings. The van der Waals surface area contributed by atoms with Gasteiger partial charge in [-0.3, -0.25) is 0 Å². The molecule has 0 atom stereocenters. The van der Waals surface area contributed by atoms with Gasteiger partial charge in [0.2, 0.25) is 5.89 Å². The third-order valence-electron chi connectivity index (χ3n) is 3.80. The third-order valence-corrected chi connectivity index (χ3v) is 3.80. The molecule has 1 heterocycles. The molecular weight excluding hydrogens is 372 g/mol. The van der Waals surface area contributed by atoms with Gasteiger partial charge in [-0.15, -0.1) is 10.2 Å². The second-order valence-electron chi connectivity index (χ2n) is 5.88. The number of esters is 1. The number of nitrogens with zero attached hydrogens (tertiary/aromatic N) is 2. The van der Waals surface area contributed by atoms with E-state index in [2.05, 4.69) is 10.2 Å². The molecule has 0 unspecified atom stereocenters. The number of aromatic nitrogens is 2. The SMILES string of the molecule is CCOc1ccc(C=CC(=O)OCc2nnc(-c3ccccc3)o2)cc1OCC. The average molecular weight is 394 g/mol. The summed E-state index contributed by atoms with van der Waals surface area (Å²) in [6.45, 7) is 4.77. The Balaban J connectivity index is 1.57. The van der Waals surface area contributed by atoms with Crippen molar-refractivity contribution in [3.8, 4) is 23.0 Å². The van der Waals surface area contributed by atoms with E-state index in [0.717, 1.165) is 11.1 Å². The Morgan fingerprint density at radius 2 is 1.76 bits per heavy atom. The lowest BCUT2D eigenvalue weighted by atomic mass is 10.2. The first kappa shape index (κ1) is 20.1. The molecule has 7 heteroatoms. The molecule has 0 radical (unpaired) electrons. The molecule has 0 saturated heterocycles. The fraction of sp³-hybridized carbons (Fsp3) is 0.227. The Hall–Kier alpha value is -3.61. The monoisotopic (exact) mass is 394 g/mol. The molecule has 150 valence electrons. The first-order valence-electron chi connectivity index (χ1n) is 9.32. The molecule has 0 amide bonds. The first-order chi connectivity index (χ1) is 14.2.